The van der Waals surface area contributed by atoms with Crippen LogP contribution in [0.15, 0.2) is 60.9 Å². The highest BCUT2D eigenvalue weighted by Gasteiger charge is 2.10. The molecule has 8 heteroatoms. The number of aromatic nitrogens is 5. The monoisotopic (exact) mass is 387 g/mol. The molecule has 0 unspecified atom stereocenters. The third-order valence-corrected chi connectivity index (χ3v) is 4.46. The van der Waals surface area contributed by atoms with Crippen molar-refractivity contribution in [2.24, 2.45) is 0 Å². The Morgan fingerprint density at radius 2 is 1.93 bits per heavy atom. The van der Waals surface area contributed by atoms with Crippen molar-refractivity contribution in [2.45, 2.75) is 19.9 Å². The molecule has 3 aromatic heterocycles. The molecule has 146 valence electrons. The van der Waals surface area contributed by atoms with Gasteiger partial charge in [0.25, 0.3) is 5.91 Å². The summed E-state index contributed by atoms with van der Waals surface area (Å²) >= 11 is 0. The number of benzene rings is 1. The molecule has 1 amide bonds. The normalized spacial score (nSPS) is 10.8. The lowest BCUT2D eigenvalue weighted by Crippen LogP contribution is -2.26. The van der Waals surface area contributed by atoms with Gasteiger partial charge in [0.15, 0.2) is 11.5 Å². The molecule has 29 heavy (non-hydrogen) atoms. The Morgan fingerprint density at radius 3 is 2.76 bits per heavy atom. The fourth-order valence-electron chi connectivity index (χ4n) is 2.95. The first kappa shape index (κ1) is 18.5. The molecule has 2 N–H and O–H groups in total. The van der Waals surface area contributed by atoms with Crippen molar-refractivity contribution in [3.63, 3.8) is 0 Å². The third kappa shape index (κ3) is 4.55. The summed E-state index contributed by atoms with van der Waals surface area (Å²) in [6, 6.07) is 15.1. The summed E-state index contributed by atoms with van der Waals surface area (Å²) in [5.41, 5.74) is 3.48. The van der Waals surface area contributed by atoms with Crippen molar-refractivity contribution >= 4 is 17.4 Å². The lowest BCUT2D eigenvalue weighted by molar-refractivity contribution is 0.0954. The molecule has 0 aliphatic rings. The maximum Gasteiger partial charge on any atom is 0.251 e. The van der Waals surface area contributed by atoms with E-state index in [-0.39, 0.29) is 5.91 Å². The van der Waals surface area contributed by atoms with Crippen LogP contribution in [0.4, 0.5) is 5.82 Å². The van der Waals surface area contributed by atoms with E-state index in [1.165, 1.54) is 0 Å². The molecule has 0 radical (unpaired) electrons. The van der Waals surface area contributed by atoms with E-state index in [9.17, 15) is 4.79 Å². The second kappa shape index (κ2) is 8.47. The molecular formula is C21H21N7O. The van der Waals surface area contributed by atoms with Gasteiger partial charge in [-0.1, -0.05) is 17.7 Å². The summed E-state index contributed by atoms with van der Waals surface area (Å²) in [6.07, 6.45) is 4.05. The van der Waals surface area contributed by atoms with E-state index < -0.39 is 0 Å². The zero-order chi connectivity index (χ0) is 20.1. The lowest BCUT2D eigenvalue weighted by atomic mass is 10.1. The molecule has 0 atom stereocenters. The van der Waals surface area contributed by atoms with Gasteiger partial charge in [-0.15, -0.1) is 15.3 Å². The zero-order valence-electron chi connectivity index (χ0n) is 16.0. The van der Waals surface area contributed by atoms with E-state index in [2.05, 4.69) is 30.9 Å². The summed E-state index contributed by atoms with van der Waals surface area (Å²) in [5, 5.41) is 19.1. The van der Waals surface area contributed by atoms with Crippen LogP contribution in [0.5, 0.6) is 0 Å². The van der Waals surface area contributed by atoms with Crippen molar-refractivity contribution in [3.8, 4) is 0 Å². The first-order valence-corrected chi connectivity index (χ1v) is 9.38. The van der Waals surface area contributed by atoms with Gasteiger partial charge in [-0.05, 0) is 48.9 Å². The van der Waals surface area contributed by atoms with Gasteiger partial charge in [0.05, 0.1) is 0 Å². The number of amides is 1. The molecule has 0 bridgehead atoms. The smallest absolute Gasteiger partial charge is 0.251 e. The van der Waals surface area contributed by atoms with E-state index in [0.29, 0.717) is 36.5 Å². The van der Waals surface area contributed by atoms with Gasteiger partial charge in [0.2, 0.25) is 0 Å². The number of rotatable bonds is 7. The Balaban J connectivity index is 1.39. The van der Waals surface area contributed by atoms with Crippen molar-refractivity contribution < 1.29 is 4.79 Å². The van der Waals surface area contributed by atoms with Crippen molar-refractivity contribution in [1.29, 1.82) is 0 Å². The number of pyridine rings is 1. The van der Waals surface area contributed by atoms with Crippen LogP contribution in [0.2, 0.25) is 0 Å². The van der Waals surface area contributed by atoms with Crippen LogP contribution in [0.1, 0.15) is 27.3 Å². The molecule has 4 aromatic rings. The first-order chi connectivity index (χ1) is 14.2. The summed E-state index contributed by atoms with van der Waals surface area (Å²) in [6.45, 7) is 3.06. The number of nitrogens with one attached hydrogen (secondary N) is 2. The maximum atomic E-state index is 12.3. The molecule has 0 aliphatic carbocycles. The average molecular weight is 387 g/mol. The number of carbonyl (C=O) groups excluding carboxylic acids is 1. The molecular weight excluding hydrogens is 366 g/mol. The summed E-state index contributed by atoms with van der Waals surface area (Å²) in [5.74, 6) is 1.31. The van der Waals surface area contributed by atoms with E-state index in [0.717, 1.165) is 16.9 Å². The fraction of sp³-hybridized carbons (Fsp3) is 0.190. The first-order valence-electron chi connectivity index (χ1n) is 9.38. The van der Waals surface area contributed by atoms with Crippen LogP contribution in [0, 0.1) is 6.92 Å². The number of nitrogens with zero attached hydrogens (tertiary/aromatic N) is 5. The van der Waals surface area contributed by atoms with Gasteiger partial charge in [0.1, 0.15) is 5.82 Å². The fourth-order valence-corrected chi connectivity index (χ4v) is 2.95. The molecule has 3 heterocycles. The largest absolute Gasteiger partial charge is 0.365 e. The van der Waals surface area contributed by atoms with Gasteiger partial charge in [0, 0.05) is 37.5 Å². The molecule has 0 saturated heterocycles. The highest BCUT2D eigenvalue weighted by atomic mass is 16.1. The number of fused-ring (bicyclic) bond motifs is 1. The third-order valence-electron chi connectivity index (χ3n) is 4.46. The molecule has 8 nitrogen and oxygen atoms in total. The van der Waals surface area contributed by atoms with E-state index in [1.807, 2.05) is 49.4 Å². The van der Waals surface area contributed by atoms with Gasteiger partial charge in [-0.3, -0.25) is 9.78 Å². The van der Waals surface area contributed by atoms with Crippen LogP contribution >= 0.6 is 0 Å². The van der Waals surface area contributed by atoms with E-state index in [4.69, 9.17) is 0 Å². The summed E-state index contributed by atoms with van der Waals surface area (Å²) < 4.78 is 1.70. The molecule has 0 aliphatic heterocycles. The van der Waals surface area contributed by atoms with Gasteiger partial charge < -0.3 is 10.6 Å². The Hall–Kier alpha value is -3.81. The number of anilines is 1. The zero-order valence-corrected chi connectivity index (χ0v) is 16.0. The summed E-state index contributed by atoms with van der Waals surface area (Å²) in [7, 11) is 0. The van der Waals surface area contributed by atoms with Gasteiger partial charge >= 0.3 is 0 Å². The van der Waals surface area contributed by atoms with Crippen LogP contribution in [0.3, 0.4) is 0 Å². The van der Waals surface area contributed by atoms with Crippen molar-refractivity contribution in [2.75, 3.05) is 11.9 Å². The average Bonchev–Trinajstić information content (AvgIpc) is 3.15. The second-order valence-corrected chi connectivity index (χ2v) is 6.69. The Kier molecular flexibility index (Phi) is 5.42. The standard InChI is InChI=1S/C21H21N7O/c1-15-3-2-4-17(13-15)21(29)23-12-9-20-26-25-19-6-5-18(27-28(19)20)24-14-16-7-10-22-11-8-16/h2-8,10-11,13H,9,12,14H2,1H3,(H,23,29)(H,24,27). The topological polar surface area (TPSA) is 97.1 Å². The van der Waals surface area contributed by atoms with Gasteiger partial charge in [-0.25, -0.2) is 0 Å². The predicted molar refractivity (Wildman–Crippen MR) is 110 cm³/mol. The SMILES string of the molecule is Cc1cccc(C(=O)NCCc2nnc3ccc(NCc4ccncc4)nn23)c1. The van der Waals surface area contributed by atoms with Gasteiger partial charge in [-0.2, -0.15) is 4.52 Å². The molecule has 4 rings (SSSR count). The minimum atomic E-state index is -0.102. The number of hydrogen-bond donors (Lipinski definition) is 2. The minimum Gasteiger partial charge on any atom is -0.365 e. The summed E-state index contributed by atoms with van der Waals surface area (Å²) in [4.78, 5) is 16.3. The van der Waals surface area contributed by atoms with E-state index >= 15 is 0 Å². The van der Waals surface area contributed by atoms with Crippen LogP contribution < -0.4 is 10.6 Å². The molecule has 0 saturated carbocycles. The van der Waals surface area contributed by atoms with Crippen LogP contribution in [0.25, 0.3) is 5.65 Å². The lowest BCUT2D eigenvalue weighted by Gasteiger charge is -2.07. The van der Waals surface area contributed by atoms with Crippen LogP contribution in [-0.4, -0.2) is 37.2 Å². The van der Waals surface area contributed by atoms with Crippen molar-refractivity contribution in [3.05, 3.63) is 83.4 Å². The second-order valence-electron chi connectivity index (χ2n) is 6.69. The Labute approximate surface area is 168 Å². The highest BCUT2D eigenvalue weighted by Crippen LogP contribution is 2.09. The Morgan fingerprint density at radius 1 is 1.07 bits per heavy atom. The number of carbonyl (C=O) groups is 1. The molecule has 1 aromatic carbocycles. The Bertz CT molecular complexity index is 1120. The minimum absolute atomic E-state index is 0.102. The quantitative estimate of drug-likeness (QED) is 0.505. The predicted octanol–water partition coefficient (Wildman–Crippen LogP) is 2.41. The van der Waals surface area contributed by atoms with Crippen molar-refractivity contribution in [1.82, 2.24) is 30.1 Å². The maximum absolute atomic E-state index is 12.3. The number of aryl methyl sites for hydroxylation is 1. The van der Waals surface area contributed by atoms with E-state index in [1.54, 1.807) is 23.0 Å². The highest BCUT2D eigenvalue weighted by molar-refractivity contribution is 5.94. The molecule has 0 fully saturated rings. The molecule has 0 spiro atoms. The van der Waals surface area contributed by atoms with Crippen LogP contribution in [-0.2, 0) is 13.0 Å². The number of hydrogen-bond acceptors (Lipinski definition) is 6.